The van der Waals surface area contributed by atoms with E-state index in [0.717, 1.165) is 86.1 Å². The maximum atomic E-state index is 11.3. The van der Waals surface area contributed by atoms with Crippen LogP contribution in [0.2, 0.25) is 0 Å². The van der Waals surface area contributed by atoms with Crippen LogP contribution in [0, 0.1) is 11.8 Å². The molecule has 1 aliphatic carbocycles. The minimum Gasteiger partial charge on any atom is -0.481 e. The van der Waals surface area contributed by atoms with E-state index >= 15 is 0 Å². The Labute approximate surface area is 222 Å². The highest BCUT2D eigenvalue weighted by molar-refractivity contribution is 5.80. The van der Waals surface area contributed by atoms with Gasteiger partial charge in [-0.1, -0.05) is 61.9 Å². The number of aliphatic carboxylic acids is 1. The first-order valence-corrected chi connectivity index (χ1v) is 13.7. The first-order chi connectivity index (χ1) is 18.6. The van der Waals surface area contributed by atoms with Crippen molar-refractivity contribution in [2.75, 3.05) is 0 Å². The highest BCUT2D eigenvalue weighted by atomic mass is 16.4. The summed E-state index contributed by atoms with van der Waals surface area (Å²) in [7, 11) is 0. The fourth-order valence-electron chi connectivity index (χ4n) is 5.39. The minimum absolute atomic E-state index is 0.169. The molecule has 0 radical (unpaired) electrons. The van der Waals surface area contributed by atoms with E-state index in [0.29, 0.717) is 18.3 Å². The number of carbonyl (C=O) groups is 1. The van der Waals surface area contributed by atoms with Crippen LogP contribution < -0.4 is 0 Å². The number of aryl methyl sites for hydroxylation is 2. The average Bonchev–Trinajstić information content (AvgIpc) is 3.62. The molecule has 0 spiro atoms. The molecule has 0 saturated heterocycles. The number of benzene rings is 2. The van der Waals surface area contributed by atoms with Crippen LogP contribution in [-0.2, 0) is 24.2 Å². The second-order valence-corrected chi connectivity index (χ2v) is 10.3. The van der Waals surface area contributed by atoms with Crippen LogP contribution in [0.1, 0.15) is 69.1 Å². The molecule has 198 valence electrons. The monoisotopic (exact) mass is 513 g/mol. The Balaban J connectivity index is 1.29. The Bertz CT molecular complexity index is 1320. The highest BCUT2D eigenvalue weighted by Crippen LogP contribution is 2.32. The summed E-state index contributed by atoms with van der Waals surface area (Å²) in [4.78, 5) is 16.2. The molecule has 38 heavy (non-hydrogen) atoms. The zero-order valence-electron chi connectivity index (χ0n) is 21.9. The lowest BCUT2D eigenvalue weighted by atomic mass is 9.80. The number of nitrogens with zero attached hydrogens (tertiary/aromatic N) is 6. The molecule has 2 heterocycles. The van der Waals surface area contributed by atoms with Crippen LogP contribution in [0.5, 0.6) is 0 Å². The van der Waals surface area contributed by atoms with Crippen molar-refractivity contribution in [3.8, 4) is 22.5 Å². The summed E-state index contributed by atoms with van der Waals surface area (Å²) in [5.41, 5.74) is 4.29. The van der Waals surface area contributed by atoms with Crippen LogP contribution in [0.25, 0.3) is 22.5 Å². The zero-order valence-corrected chi connectivity index (χ0v) is 21.9. The molecule has 9 nitrogen and oxygen atoms in total. The number of carboxylic acids is 1. The van der Waals surface area contributed by atoms with Crippen molar-refractivity contribution in [1.29, 1.82) is 0 Å². The third kappa shape index (κ3) is 6.15. The fraction of sp³-hybridized carbons (Fsp3) is 0.448. The molecule has 1 aliphatic rings. The molecule has 5 rings (SSSR count). The number of unbranched alkanes of at least 4 members (excludes halogenated alkanes) is 1. The number of H-pyrrole nitrogens is 1. The van der Waals surface area contributed by atoms with Gasteiger partial charge >= 0.3 is 5.97 Å². The molecule has 0 unspecified atom stereocenters. The molecule has 0 bridgehead atoms. The number of aromatic nitrogens is 7. The smallest absolute Gasteiger partial charge is 0.306 e. The minimum atomic E-state index is -0.645. The number of aromatic amines is 1. The fourth-order valence-corrected chi connectivity index (χ4v) is 5.39. The van der Waals surface area contributed by atoms with Gasteiger partial charge in [0.1, 0.15) is 5.82 Å². The molecule has 2 N–H and O–H groups in total. The Hall–Kier alpha value is -3.88. The van der Waals surface area contributed by atoms with Gasteiger partial charge in [-0.3, -0.25) is 4.79 Å². The molecular formula is C29H35N7O2. The van der Waals surface area contributed by atoms with Gasteiger partial charge in [0.15, 0.2) is 11.6 Å². The summed E-state index contributed by atoms with van der Waals surface area (Å²) in [6, 6.07) is 16.6. The van der Waals surface area contributed by atoms with Gasteiger partial charge in [0, 0.05) is 18.4 Å². The number of carboxylic acid groups (broad SMARTS) is 1. The highest BCUT2D eigenvalue weighted by Gasteiger charge is 2.26. The van der Waals surface area contributed by atoms with Crippen molar-refractivity contribution < 1.29 is 9.90 Å². The topological polar surface area (TPSA) is 122 Å². The Morgan fingerprint density at radius 3 is 2.47 bits per heavy atom. The van der Waals surface area contributed by atoms with Gasteiger partial charge in [0.2, 0.25) is 0 Å². The van der Waals surface area contributed by atoms with E-state index in [-0.39, 0.29) is 5.92 Å². The van der Waals surface area contributed by atoms with E-state index in [2.05, 4.69) is 62.6 Å². The van der Waals surface area contributed by atoms with E-state index in [1.54, 1.807) is 0 Å². The van der Waals surface area contributed by atoms with Crippen LogP contribution in [0.3, 0.4) is 0 Å². The molecule has 1 saturated carbocycles. The van der Waals surface area contributed by atoms with Gasteiger partial charge in [-0.15, -0.1) is 5.10 Å². The van der Waals surface area contributed by atoms with Gasteiger partial charge < -0.3 is 5.11 Å². The summed E-state index contributed by atoms with van der Waals surface area (Å²) in [5.74, 6) is 2.35. The Morgan fingerprint density at radius 1 is 1.03 bits per heavy atom. The van der Waals surface area contributed by atoms with E-state index in [1.807, 2.05) is 18.2 Å². The predicted molar refractivity (Wildman–Crippen MR) is 144 cm³/mol. The lowest BCUT2D eigenvalue weighted by molar-refractivity contribution is -0.143. The van der Waals surface area contributed by atoms with Crippen LogP contribution >= 0.6 is 0 Å². The molecular weight excluding hydrogens is 478 g/mol. The number of hydrogen-bond donors (Lipinski definition) is 2. The van der Waals surface area contributed by atoms with Crippen LogP contribution in [0.4, 0.5) is 0 Å². The average molecular weight is 514 g/mol. The van der Waals surface area contributed by atoms with Crippen molar-refractivity contribution in [3.05, 3.63) is 65.7 Å². The molecule has 0 amide bonds. The van der Waals surface area contributed by atoms with E-state index in [9.17, 15) is 9.90 Å². The van der Waals surface area contributed by atoms with E-state index in [4.69, 9.17) is 10.1 Å². The normalized spacial score (nSPS) is 17.5. The lowest BCUT2D eigenvalue weighted by Crippen LogP contribution is -2.22. The summed E-state index contributed by atoms with van der Waals surface area (Å²) >= 11 is 0. The SMILES string of the molecule is CCCCc1nc(CCC2CCC(C(=O)O)CC2)n(Cc2ccc(-c3ccccc3-c3nnn[nH]3)cc2)n1. The summed E-state index contributed by atoms with van der Waals surface area (Å²) in [6.45, 7) is 2.86. The summed E-state index contributed by atoms with van der Waals surface area (Å²) in [5, 5.41) is 28.5. The molecule has 2 aromatic carbocycles. The second kappa shape index (κ2) is 12.1. The molecule has 0 aliphatic heterocycles. The third-order valence-electron chi connectivity index (χ3n) is 7.64. The predicted octanol–water partition coefficient (Wildman–Crippen LogP) is 5.34. The summed E-state index contributed by atoms with van der Waals surface area (Å²) < 4.78 is 2.07. The summed E-state index contributed by atoms with van der Waals surface area (Å²) in [6.07, 6.45) is 8.55. The third-order valence-corrected chi connectivity index (χ3v) is 7.64. The molecule has 0 atom stereocenters. The zero-order chi connectivity index (χ0) is 26.3. The number of tetrazole rings is 1. The number of hydrogen-bond acceptors (Lipinski definition) is 6. The van der Waals surface area contributed by atoms with Gasteiger partial charge in [-0.2, -0.15) is 5.10 Å². The molecule has 4 aromatic rings. The largest absolute Gasteiger partial charge is 0.481 e. The standard InChI is InChI=1S/C29H35N7O2/c1-2-3-8-26-30-27(18-13-20-9-16-23(17-10-20)29(37)38)36(33-26)19-21-11-14-22(15-12-21)24-6-4-5-7-25(24)28-31-34-35-32-28/h4-7,11-12,14-15,20,23H,2-3,8-10,13,16-19H2,1H3,(H,37,38)(H,31,32,34,35). The van der Waals surface area contributed by atoms with Crippen molar-refractivity contribution in [3.63, 3.8) is 0 Å². The maximum absolute atomic E-state index is 11.3. The van der Waals surface area contributed by atoms with Crippen LogP contribution in [0.15, 0.2) is 48.5 Å². The molecule has 1 fully saturated rings. The quantitative estimate of drug-likeness (QED) is 0.277. The van der Waals surface area contributed by atoms with Crippen molar-refractivity contribution in [2.45, 2.75) is 71.3 Å². The van der Waals surface area contributed by atoms with E-state index in [1.165, 1.54) is 5.56 Å². The Morgan fingerprint density at radius 2 is 1.79 bits per heavy atom. The molecule has 9 heteroatoms. The second-order valence-electron chi connectivity index (χ2n) is 10.3. The molecule has 2 aromatic heterocycles. The van der Waals surface area contributed by atoms with Gasteiger partial charge in [-0.05, 0) is 71.6 Å². The van der Waals surface area contributed by atoms with Crippen molar-refractivity contribution >= 4 is 5.97 Å². The van der Waals surface area contributed by atoms with Gasteiger partial charge in [-0.25, -0.2) is 14.8 Å². The first-order valence-electron chi connectivity index (χ1n) is 13.7. The number of nitrogens with one attached hydrogen (secondary N) is 1. The maximum Gasteiger partial charge on any atom is 0.306 e. The van der Waals surface area contributed by atoms with Crippen LogP contribution in [-0.4, -0.2) is 46.5 Å². The van der Waals surface area contributed by atoms with Crippen molar-refractivity contribution in [1.82, 2.24) is 35.4 Å². The first kappa shape index (κ1) is 25.8. The number of rotatable bonds is 11. The lowest BCUT2D eigenvalue weighted by Gasteiger charge is -2.25. The Kier molecular flexibility index (Phi) is 8.21. The van der Waals surface area contributed by atoms with Gasteiger partial charge in [0.05, 0.1) is 12.5 Å². The van der Waals surface area contributed by atoms with Crippen molar-refractivity contribution in [2.24, 2.45) is 11.8 Å². The van der Waals surface area contributed by atoms with Gasteiger partial charge in [0.25, 0.3) is 0 Å². The van der Waals surface area contributed by atoms with E-state index < -0.39 is 5.97 Å².